The highest BCUT2D eigenvalue weighted by molar-refractivity contribution is 6.30. The number of pyridine rings is 1. The highest BCUT2D eigenvalue weighted by Crippen LogP contribution is 2.27. The van der Waals surface area contributed by atoms with Crippen molar-refractivity contribution in [2.75, 3.05) is 0 Å². The van der Waals surface area contributed by atoms with Gasteiger partial charge in [-0.05, 0) is 29.8 Å². The molecule has 1 aromatic heterocycles. The molecule has 3 heteroatoms. The van der Waals surface area contributed by atoms with Gasteiger partial charge in [0.1, 0.15) is 0 Å². The first-order valence-corrected chi connectivity index (χ1v) is 7.28. The summed E-state index contributed by atoms with van der Waals surface area (Å²) in [6.45, 7) is 0. The van der Waals surface area contributed by atoms with Crippen LogP contribution in [0.5, 0.6) is 0 Å². The topological polar surface area (TPSA) is 12.9 Å². The molecule has 0 aliphatic carbocycles. The third-order valence-corrected chi connectivity index (χ3v) is 3.90. The third kappa shape index (κ3) is 2.95. The molecule has 20 heavy (non-hydrogen) atoms. The molecule has 2 aromatic carbocycles. The van der Waals surface area contributed by atoms with Gasteiger partial charge in [-0.3, -0.25) is 4.98 Å². The second kappa shape index (κ2) is 5.82. The fourth-order valence-corrected chi connectivity index (χ4v) is 2.72. The SMILES string of the molecule is Clc1cccc(C(Cl)Cc2ccc3ccccc3n2)c1. The summed E-state index contributed by atoms with van der Waals surface area (Å²) in [5, 5.41) is 1.73. The lowest BCUT2D eigenvalue weighted by molar-refractivity contribution is 0.888. The van der Waals surface area contributed by atoms with E-state index in [4.69, 9.17) is 23.2 Å². The molecule has 1 heterocycles. The molecule has 1 atom stereocenters. The van der Waals surface area contributed by atoms with Gasteiger partial charge in [-0.1, -0.05) is 48.0 Å². The molecule has 0 fully saturated rings. The molecule has 0 aliphatic heterocycles. The second-order valence-corrected chi connectivity index (χ2v) is 5.69. The van der Waals surface area contributed by atoms with Crippen LogP contribution in [-0.2, 0) is 6.42 Å². The van der Waals surface area contributed by atoms with Gasteiger partial charge in [-0.25, -0.2) is 0 Å². The first kappa shape index (κ1) is 13.4. The van der Waals surface area contributed by atoms with Crippen LogP contribution in [0.4, 0.5) is 0 Å². The summed E-state index contributed by atoms with van der Waals surface area (Å²) in [6, 6.07) is 19.9. The summed E-state index contributed by atoms with van der Waals surface area (Å²) >= 11 is 12.5. The Kier molecular flexibility index (Phi) is 3.90. The van der Waals surface area contributed by atoms with Gasteiger partial charge in [0.15, 0.2) is 0 Å². The van der Waals surface area contributed by atoms with Crippen molar-refractivity contribution in [1.29, 1.82) is 0 Å². The Hall–Kier alpha value is -1.57. The Bertz CT molecular complexity index is 740. The molecule has 0 saturated carbocycles. The molecule has 0 amide bonds. The maximum atomic E-state index is 6.47. The van der Waals surface area contributed by atoms with Crippen molar-refractivity contribution in [3.8, 4) is 0 Å². The monoisotopic (exact) mass is 301 g/mol. The van der Waals surface area contributed by atoms with Crippen molar-refractivity contribution in [1.82, 2.24) is 4.98 Å². The summed E-state index contributed by atoms with van der Waals surface area (Å²) < 4.78 is 0. The van der Waals surface area contributed by atoms with E-state index in [1.165, 1.54) is 0 Å². The van der Waals surface area contributed by atoms with Crippen molar-refractivity contribution in [2.24, 2.45) is 0 Å². The lowest BCUT2D eigenvalue weighted by Crippen LogP contribution is -1.98. The van der Waals surface area contributed by atoms with Gasteiger partial charge in [0, 0.05) is 22.5 Å². The average Bonchev–Trinajstić information content (AvgIpc) is 2.47. The minimum Gasteiger partial charge on any atom is -0.253 e. The summed E-state index contributed by atoms with van der Waals surface area (Å²) in [6.07, 6.45) is 0.687. The number of halogens is 2. The molecule has 0 aliphatic rings. The molecule has 100 valence electrons. The fraction of sp³-hybridized carbons (Fsp3) is 0.118. The minimum absolute atomic E-state index is 0.123. The number of benzene rings is 2. The molecule has 1 nitrogen and oxygen atoms in total. The van der Waals surface area contributed by atoms with E-state index in [1.54, 1.807) is 0 Å². The number of alkyl halides is 1. The highest BCUT2D eigenvalue weighted by atomic mass is 35.5. The molecule has 3 aromatic rings. The van der Waals surface area contributed by atoms with Crippen LogP contribution < -0.4 is 0 Å². The summed E-state index contributed by atoms with van der Waals surface area (Å²) in [5.41, 5.74) is 3.01. The largest absolute Gasteiger partial charge is 0.253 e. The van der Waals surface area contributed by atoms with E-state index in [2.05, 4.69) is 17.1 Å². The van der Waals surface area contributed by atoms with Crippen LogP contribution >= 0.6 is 23.2 Å². The summed E-state index contributed by atoms with van der Waals surface area (Å²) in [5.74, 6) is 0. The Labute approximate surface area is 128 Å². The molecule has 0 saturated heterocycles. The van der Waals surface area contributed by atoms with E-state index in [-0.39, 0.29) is 5.38 Å². The van der Waals surface area contributed by atoms with E-state index in [0.29, 0.717) is 11.4 Å². The first-order valence-electron chi connectivity index (χ1n) is 6.46. The number of hydrogen-bond donors (Lipinski definition) is 0. The van der Waals surface area contributed by atoms with Gasteiger partial charge in [0.25, 0.3) is 0 Å². The van der Waals surface area contributed by atoms with Gasteiger partial charge in [0.05, 0.1) is 10.9 Å². The second-order valence-electron chi connectivity index (χ2n) is 4.72. The molecule has 0 spiro atoms. The van der Waals surface area contributed by atoms with Crippen molar-refractivity contribution in [2.45, 2.75) is 11.8 Å². The fourth-order valence-electron chi connectivity index (χ4n) is 2.22. The van der Waals surface area contributed by atoms with Crippen LogP contribution in [0.25, 0.3) is 10.9 Å². The standard InChI is InChI=1S/C17H13Cl2N/c18-14-6-3-5-13(10-14)16(19)11-15-9-8-12-4-1-2-7-17(12)20-15/h1-10,16H,11H2. The van der Waals surface area contributed by atoms with Gasteiger partial charge >= 0.3 is 0 Å². The van der Waals surface area contributed by atoms with Crippen LogP contribution in [0, 0.1) is 0 Å². The number of hydrogen-bond acceptors (Lipinski definition) is 1. The molecule has 1 unspecified atom stereocenters. The van der Waals surface area contributed by atoms with E-state index >= 15 is 0 Å². The van der Waals surface area contributed by atoms with Crippen LogP contribution in [0.15, 0.2) is 60.7 Å². The zero-order valence-electron chi connectivity index (χ0n) is 10.8. The zero-order valence-corrected chi connectivity index (χ0v) is 12.3. The van der Waals surface area contributed by atoms with Crippen molar-refractivity contribution in [3.63, 3.8) is 0 Å². The van der Waals surface area contributed by atoms with Crippen LogP contribution in [-0.4, -0.2) is 4.98 Å². The molecule has 0 bridgehead atoms. The number of fused-ring (bicyclic) bond motifs is 1. The molecule has 0 N–H and O–H groups in total. The molecular weight excluding hydrogens is 289 g/mol. The van der Waals surface area contributed by atoms with Crippen molar-refractivity contribution >= 4 is 34.1 Å². The predicted octanol–water partition coefficient (Wildman–Crippen LogP) is 5.41. The Morgan fingerprint density at radius 3 is 2.65 bits per heavy atom. The van der Waals surface area contributed by atoms with Crippen LogP contribution in [0.2, 0.25) is 5.02 Å². The number of nitrogens with zero attached hydrogens (tertiary/aromatic N) is 1. The third-order valence-electron chi connectivity index (χ3n) is 3.25. The summed E-state index contributed by atoms with van der Waals surface area (Å²) in [4.78, 5) is 4.65. The first-order chi connectivity index (χ1) is 9.72. The summed E-state index contributed by atoms with van der Waals surface area (Å²) in [7, 11) is 0. The lowest BCUT2D eigenvalue weighted by atomic mass is 10.1. The van der Waals surface area contributed by atoms with Gasteiger partial charge in [0.2, 0.25) is 0 Å². The average molecular weight is 302 g/mol. The van der Waals surface area contributed by atoms with E-state index in [1.807, 2.05) is 48.5 Å². The Balaban J connectivity index is 1.85. The predicted molar refractivity (Wildman–Crippen MR) is 85.5 cm³/mol. The molecule has 3 rings (SSSR count). The zero-order chi connectivity index (χ0) is 13.9. The van der Waals surface area contributed by atoms with E-state index < -0.39 is 0 Å². The van der Waals surface area contributed by atoms with Crippen LogP contribution in [0.3, 0.4) is 0 Å². The quantitative estimate of drug-likeness (QED) is 0.589. The number of para-hydroxylation sites is 1. The highest BCUT2D eigenvalue weighted by Gasteiger charge is 2.10. The Morgan fingerprint density at radius 1 is 0.950 bits per heavy atom. The number of rotatable bonds is 3. The maximum Gasteiger partial charge on any atom is 0.0705 e. The number of aromatic nitrogens is 1. The van der Waals surface area contributed by atoms with Gasteiger partial charge in [-0.2, -0.15) is 0 Å². The molecule has 0 radical (unpaired) electrons. The van der Waals surface area contributed by atoms with Crippen molar-refractivity contribution < 1.29 is 0 Å². The normalized spacial score (nSPS) is 12.5. The lowest BCUT2D eigenvalue weighted by Gasteiger charge is -2.10. The van der Waals surface area contributed by atoms with Gasteiger partial charge < -0.3 is 0 Å². The molecular formula is C17H13Cl2N. The van der Waals surface area contributed by atoms with Gasteiger partial charge in [-0.15, -0.1) is 11.6 Å². The Morgan fingerprint density at radius 2 is 1.80 bits per heavy atom. The smallest absolute Gasteiger partial charge is 0.0705 e. The van der Waals surface area contributed by atoms with Crippen molar-refractivity contribution in [3.05, 3.63) is 76.9 Å². The van der Waals surface area contributed by atoms with Crippen LogP contribution in [0.1, 0.15) is 16.6 Å². The van der Waals surface area contributed by atoms with E-state index in [0.717, 1.165) is 22.2 Å². The maximum absolute atomic E-state index is 6.47. The van der Waals surface area contributed by atoms with E-state index in [9.17, 15) is 0 Å². The minimum atomic E-state index is -0.123.